The minimum atomic E-state index is -2.24. The first kappa shape index (κ1) is 51.0. The van der Waals surface area contributed by atoms with Crippen LogP contribution in [0.25, 0.3) is 22.4 Å². The molecule has 1 aromatic heterocycles. The molecule has 0 radical (unpaired) electrons. The van der Waals surface area contributed by atoms with Gasteiger partial charge >= 0.3 is 0 Å². The van der Waals surface area contributed by atoms with Crippen molar-refractivity contribution in [1.82, 2.24) is 4.57 Å². The van der Waals surface area contributed by atoms with Gasteiger partial charge in [0, 0.05) is 41.0 Å². The zero-order valence-electron chi connectivity index (χ0n) is 41.1. The summed E-state index contributed by atoms with van der Waals surface area (Å²) in [5.74, 6) is -0.618. The molecule has 0 unspecified atom stereocenters. The molecule has 7 nitrogen and oxygen atoms in total. The predicted octanol–water partition coefficient (Wildman–Crippen LogP) is 15.7. The molecule has 6 aromatic rings. The number of hydrogen-bond acceptors (Lipinski definition) is 4. The molecular formula is C57H72FN3O4Si2. The lowest BCUT2D eigenvalue weighted by Gasteiger charge is -2.38. The number of carbonyl (C=O) groups excluding carboxylic acids is 2. The average molecular weight is 938 g/mol. The molecule has 0 saturated heterocycles. The van der Waals surface area contributed by atoms with E-state index in [1.807, 2.05) is 138 Å². The summed E-state index contributed by atoms with van der Waals surface area (Å²) in [6, 6.07) is 51.8. The molecule has 0 aliphatic carbocycles. The van der Waals surface area contributed by atoms with Crippen molar-refractivity contribution in [1.29, 1.82) is 0 Å². The topological polar surface area (TPSA) is 72.8 Å². The van der Waals surface area contributed by atoms with E-state index in [0.29, 0.717) is 30.6 Å². The third-order valence-corrected chi connectivity index (χ3v) is 23.3. The Hall–Kier alpha value is -5.40. The van der Waals surface area contributed by atoms with Crippen molar-refractivity contribution < 1.29 is 22.8 Å². The number of nitrogens with one attached hydrogen (secondary N) is 1. The summed E-state index contributed by atoms with van der Waals surface area (Å²) in [7, 11) is -4.47. The highest BCUT2D eigenvalue weighted by Gasteiger charge is 2.39. The minimum absolute atomic E-state index is 0.0231. The highest BCUT2D eigenvalue weighted by molar-refractivity contribution is 6.74. The SMILES string of the molecule is CC[Si](CC)(CC)O[C@H](CCn1c(-c2ccc(F)cc2)c(-c2ccccc2)c(C(=O)Nc2ccccc2)c1C(C)C)C[C@H](CC(=O)N(c1ccccc1)c1ccccc1)O[Si](CC)(CC)CC. The van der Waals surface area contributed by atoms with Crippen LogP contribution in [-0.4, -0.2) is 45.2 Å². The summed E-state index contributed by atoms with van der Waals surface area (Å²) in [4.78, 5) is 31.7. The third-order valence-electron chi connectivity index (χ3n) is 13.9. The molecule has 0 aliphatic rings. The van der Waals surface area contributed by atoms with Crippen molar-refractivity contribution in [3.63, 3.8) is 0 Å². The van der Waals surface area contributed by atoms with Crippen LogP contribution >= 0.6 is 0 Å². The molecule has 0 saturated carbocycles. The Morgan fingerprint density at radius 3 is 1.55 bits per heavy atom. The summed E-state index contributed by atoms with van der Waals surface area (Å²) in [5.41, 5.74) is 7.20. The summed E-state index contributed by atoms with van der Waals surface area (Å²) >= 11 is 0. The number of halogens is 1. The summed E-state index contributed by atoms with van der Waals surface area (Å²) < 4.78 is 32.1. The Balaban J connectivity index is 1.50. The van der Waals surface area contributed by atoms with Gasteiger partial charge in [0.05, 0.1) is 23.8 Å². The highest BCUT2D eigenvalue weighted by Crippen LogP contribution is 2.43. The lowest BCUT2D eigenvalue weighted by molar-refractivity contribution is -0.119. The first-order chi connectivity index (χ1) is 32.4. The summed E-state index contributed by atoms with van der Waals surface area (Å²) in [5, 5.41) is 3.22. The standard InChI is InChI=1S/C57H72FN3O4Si2/c1-9-66(10-2,11-3)64-50(41-51(65-67(12-4,13-5)14-6)42-52(62)61(48-31-23-17-24-32-48)49-33-25-18-26-34-49)39-40-60-55(43(7)8)54(57(63)59-47-29-21-16-22-30-47)53(44-27-19-15-20-28-44)56(60)45-35-37-46(58)38-36-45/h15-38,43,50-51H,9-14,39-42H2,1-8H3,(H,59,63)/t50-,51-/m1/s1. The molecule has 6 rings (SSSR count). The fourth-order valence-corrected chi connectivity index (χ4v) is 15.6. The van der Waals surface area contributed by atoms with E-state index in [-0.39, 0.29) is 36.1 Å². The van der Waals surface area contributed by atoms with Gasteiger partial charge in [0.1, 0.15) is 5.82 Å². The maximum absolute atomic E-state index is 15.0. The number of aromatic nitrogens is 1. The second-order valence-electron chi connectivity index (χ2n) is 18.1. The van der Waals surface area contributed by atoms with Crippen LogP contribution in [0.2, 0.25) is 36.3 Å². The second kappa shape index (κ2) is 24.1. The second-order valence-corrected chi connectivity index (χ2v) is 27.5. The van der Waals surface area contributed by atoms with E-state index in [1.165, 1.54) is 12.1 Å². The van der Waals surface area contributed by atoms with Gasteiger partial charge in [-0.1, -0.05) is 140 Å². The largest absolute Gasteiger partial charge is 0.414 e. The van der Waals surface area contributed by atoms with Crippen LogP contribution in [0.4, 0.5) is 21.5 Å². The molecule has 2 atom stereocenters. The summed E-state index contributed by atoms with van der Waals surface area (Å²) in [6.07, 6.45) is 0.701. The number of nitrogens with zero attached hydrogens (tertiary/aromatic N) is 2. The maximum atomic E-state index is 15.0. The van der Waals surface area contributed by atoms with Gasteiger partial charge in [-0.2, -0.15) is 0 Å². The van der Waals surface area contributed by atoms with Gasteiger partial charge in [-0.05, 0) is 127 Å². The fraction of sp³-hybridized carbons (Fsp3) is 0.368. The Morgan fingerprint density at radius 1 is 0.612 bits per heavy atom. The van der Waals surface area contributed by atoms with Gasteiger partial charge in [0.2, 0.25) is 5.91 Å². The molecule has 354 valence electrons. The zero-order chi connectivity index (χ0) is 48.0. The van der Waals surface area contributed by atoms with E-state index >= 15 is 0 Å². The monoisotopic (exact) mass is 938 g/mol. The lowest BCUT2D eigenvalue weighted by atomic mass is 9.94. The van der Waals surface area contributed by atoms with Crippen LogP contribution in [-0.2, 0) is 20.2 Å². The number of hydrogen-bond donors (Lipinski definition) is 1. The minimum Gasteiger partial charge on any atom is -0.414 e. The number of benzene rings is 5. The van der Waals surface area contributed by atoms with Gasteiger partial charge in [0.15, 0.2) is 16.6 Å². The fourth-order valence-electron chi connectivity index (χ4n) is 9.76. The van der Waals surface area contributed by atoms with E-state index in [0.717, 1.165) is 75.7 Å². The van der Waals surface area contributed by atoms with Crippen molar-refractivity contribution >= 4 is 45.5 Å². The van der Waals surface area contributed by atoms with E-state index in [4.69, 9.17) is 8.85 Å². The maximum Gasteiger partial charge on any atom is 0.258 e. The molecule has 2 amide bonds. The number of carbonyl (C=O) groups is 2. The van der Waals surface area contributed by atoms with Gasteiger partial charge < -0.3 is 18.7 Å². The van der Waals surface area contributed by atoms with Gasteiger partial charge in [-0.15, -0.1) is 0 Å². The molecule has 1 N–H and O–H groups in total. The van der Waals surface area contributed by atoms with Crippen molar-refractivity contribution in [2.24, 2.45) is 0 Å². The Morgan fingerprint density at radius 2 is 1.07 bits per heavy atom. The molecule has 5 aromatic carbocycles. The smallest absolute Gasteiger partial charge is 0.258 e. The average Bonchev–Trinajstić information content (AvgIpc) is 3.71. The van der Waals surface area contributed by atoms with Crippen LogP contribution < -0.4 is 10.2 Å². The van der Waals surface area contributed by atoms with Crippen LogP contribution in [0, 0.1) is 5.82 Å². The number of anilines is 3. The van der Waals surface area contributed by atoms with Crippen LogP contribution in [0.15, 0.2) is 146 Å². The summed E-state index contributed by atoms with van der Waals surface area (Å²) in [6.45, 7) is 18.3. The zero-order valence-corrected chi connectivity index (χ0v) is 43.1. The highest BCUT2D eigenvalue weighted by atomic mass is 28.4. The van der Waals surface area contributed by atoms with E-state index in [2.05, 4.69) is 65.3 Å². The third kappa shape index (κ3) is 12.4. The van der Waals surface area contributed by atoms with Gasteiger partial charge in [0.25, 0.3) is 5.91 Å². The van der Waals surface area contributed by atoms with Crippen LogP contribution in [0.1, 0.15) is 96.6 Å². The molecule has 0 aliphatic heterocycles. The first-order valence-electron chi connectivity index (χ1n) is 24.7. The molecule has 0 fully saturated rings. The quantitative estimate of drug-likeness (QED) is 0.0614. The van der Waals surface area contributed by atoms with Crippen molar-refractivity contribution in [2.75, 3.05) is 10.2 Å². The molecule has 1 heterocycles. The van der Waals surface area contributed by atoms with E-state index in [1.54, 1.807) is 0 Å². The molecule has 0 spiro atoms. The Bertz CT molecular complexity index is 2400. The van der Waals surface area contributed by atoms with Crippen molar-refractivity contribution in [3.05, 3.63) is 163 Å². The van der Waals surface area contributed by atoms with Gasteiger partial charge in [-0.25, -0.2) is 4.39 Å². The number of rotatable bonds is 24. The molecular weight excluding hydrogens is 866 g/mol. The van der Waals surface area contributed by atoms with E-state index in [9.17, 15) is 14.0 Å². The van der Waals surface area contributed by atoms with Crippen molar-refractivity contribution in [2.45, 2.75) is 136 Å². The number of amides is 2. The Labute approximate surface area is 402 Å². The molecule has 67 heavy (non-hydrogen) atoms. The van der Waals surface area contributed by atoms with E-state index < -0.39 is 22.7 Å². The lowest BCUT2D eigenvalue weighted by Crippen LogP contribution is -2.45. The van der Waals surface area contributed by atoms with Gasteiger partial charge in [-0.3, -0.25) is 14.5 Å². The Kier molecular flexibility index (Phi) is 18.3. The van der Waals surface area contributed by atoms with Crippen molar-refractivity contribution in [3.8, 4) is 22.4 Å². The molecule has 0 bridgehead atoms. The molecule has 10 heteroatoms. The normalized spacial score (nSPS) is 12.8. The first-order valence-corrected chi connectivity index (χ1v) is 29.7. The number of para-hydroxylation sites is 3. The van der Waals surface area contributed by atoms with Crippen LogP contribution in [0.5, 0.6) is 0 Å². The predicted molar refractivity (Wildman–Crippen MR) is 282 cm³/mol. The van der Waals surface area contributed by atoms with Crippen LogP contribution in [0.3, 0.4) is 0 Å².